The monoisotopic (exact) mass is 288 g/mol. The van der Waals surface area contributed by atoms with Gasteiger partial charge in [0, 0.05) is 23.5 Å². The van der Waals surface area contributed by atoms with Gasteiger partial charge in [-0.2, -0.15) is 0 Å². The molecule has 0 radical (unpaired) electrons. The van der Waals surface area contributed by atoms with Crippen LogP contribution in [0.4, 0.5) is 0 Å². The molecule has 0 saturated heterocycles. The van der Waals surface area contributed by atoms with E-state index in [0.717, 1.165) is 17.0 Å². The van der Waals surface area contributed by atoms with E-state index in [2.05, 4.69) is 67.1 Å². The molecule has 0 aliphatic rings. The highest BCUT2D eigenvalue weighted by Gasteiger charge is 2.05. The normalized spacial score (nSPS) is 10.9. The molecule has 3 aromatic rings. The Morgan fingerprint density at radius 2 is 1.50 bits per heavy atom. The summed E-state index contributed by atoms with van der Waals surface area (Å²) in [6.45, 7) is 6.46. The molecule has 3 rings (SSSR count). The molecule has 2 aromatic heterocycles. The predicted molar refractivity (Wildman–Crippen MR) is 91.7 cm³/mol. The van der Waals surface area contributed by atoms with Crippen molar-refractivity contribution in [1.82, 2.24) is 9.97 Å². The molecule has 1 aromatic carbocycles. The zero-order chi connectivity index (χ0) is 15.5. The molecule has 0 N–H and O–H groups in total. The van der Waals surface area contributed by atoms with E-state index in [9.17, 15) is 0 Å². The number of hydrogen-bond acceptors (Lipinski definition) is 2. The SMILES string of the molecule is Cc1ccccc1-c1ccc(-c2ccc(C(C)C)cn2)cn1. The fourth-order valence-electron chi connectivity index (χ4n) is 2.48. The maximum absolute atomic E-state index is 4.60. The topological polar surface area (TPSA) is 25.8 Å². The second-order valence-corrected chi connectivity index (χ2v) is 5.88. The van der Waals surface area contributed by atoms with Gasteiger partial charge in [-0.3, -0.25) is 9.97 Å². The predicted octanol–water partition coefficient (Wildman–Crippen LogP) is 5.24. The Morgan fingerprint density at radius 1 is 0.773 bits per heavy atom. The smallest absolute Gasteiger partial charge is 0.0717 e. The van der Waals surface area contributed by atoms with Crippen molar-refractivity contribution in [3.05, 3.63) is 72.1 Å². The minimum Gasteiger partial charge on any atom is -0.256 e. The number of aromatic nitrogens is 2. The highest BCUT2D eigenvalue weighted by Crippen LogP contribution is 2.24. The summed E-state index contributed by atoms with van der Waals surface area (Å²) in [6, 6.07) is 16.7. The highest BCUT2D eigenvalue weighted by molar-refractivity contribution is 5.66. The third-order valence-electron chi connectivity index (χ3n) is 3.93. The Bertz CT molecular complexity index is 756. The van der Waals surface area contributed by atoms with Gasteiger partial charge in [0.1, 0.15) is 0 Å². The molecule has 2 heteroatoms. The zero-order valence-corrected chi connectivity index (χ0v) is 13.2. The van der Waals surface area contributed by atoms with Crippen molar-refractivity contribution in [2.45, 2.75) is 26.7 Å². The summed E-state index contributed by atoms with van der Waals surface area (Å²) in [5.41, 5.74) is 6.69. The molecule has 0 aliphatic carbocycles. The van der Waals surface area contributed by atoms with Crippen LogP contribution in [0.15, 0.2) is 60.9 Å². The standard InChI is InChI=1S/C20H20N2/c1-14(2)16-8-10-19(21-12-16)17-9-11-20(22-13-17)18-7-5-4-6-15(18)3/h4-14H,1-3H3. The van der Waals surface area contributed by atoms with E-state index in [1.54, 1.807) is 0 Å². The molecule has 22 heavy (non-hydrogen) atoms. The molecule has 110 valence electrons. The van der Waals surface area contributed by atoms with Crippen molar-refractivity contribution < 1.29 is 0 Å². The van der Waals surface area contributed by atoms with Gasteiger partial charge in [0.15, 0.2) is 0 Å². The summed E-state index contributed by atoms with van der Waals surface area (Å²) in [4.78, 5) is 9.15. The first-order chi connectivity index (χ1) is 10.6. The van der Waals surface area contributed by atoms with Crippen molar-refractivity contribution in [1.29, 1.82) is 0 Å². The lowest BCUT2D eigenvalue weighted by Crippen LogP contribution is -1.92. The fraction of sp³-hybridized carbons (Fsp3) is 0.200. The van der Waals surface area contributed by atoms with E-state index in [0.29, 0.717) is 5.92 Å². The molecule has 0 atom stereocenters. The maximum Gasteiger partial charge on any atom is 0.0717 e. The van der Waals surface area contributed by atoms with Crippen molar-refractivity contribution in [3.63, 3.8) is 0 Å². The van der Waals surface area contributed by atoms with Crippen LogP contribution in [-0.2, 0) is 0 Å². The maximum atomic E-state index is 4.60. The zero-order valence-electron chi connectivity index (χ0n) is 13.2. The van der Waals surface area contributed by atoms with Crippen LogP contribution in [0.3, 0.4) is 0 Å². The Kier molecular flexibility index (Phi) is 4.01. The van der Waals surface area contributed by atoms with Crippen LogP contribution in [-0.4, -0.2) is 9.97 Å². The molecule has 0 fully saturated rings. The lowest BCUT2D eigenvalue weighted by atomic mass is 10.0. The van der Waals surface area contributed by atoms with Crippen LogP contribution >= 0.6 is 0 Å². The second kappa shape index (κ2) is 6.10. The molecule has 0 amide bonds. The highest BCUT2D eigenvalue weighted by atomic mass is 14.7. The number of pyridine rings is 2. The van der Waals surface area contributed by atoms with Crippen molar-refractivity contribution in [3.8, 4) is 22.5 Å². The van der Waals surface area contributed by atoms with Gasteiger partial charge in [-0.15, -0.1) is 0 Å². The average molecular weight is 288 g/mol. The summed E-state index contributed by atoms with van der Waals surface area (Å²) in [7, 11) is 0. The molecule has 0 unspecified atom stereocenters. The second-order valence-electron chi connectivity index (χ2n) is 5.88. The number of hydrogen-bond donors (Lipinski definition) is 0. The van der Waals surface area contributed by atoms with Crippen molar-refractivity contribution in [2.75, 3.05) is 0 Å². The van der Waals surface area contributed by atoms with Crippen LogP contribution in [0.25, 0.3) is 22.5 Å². The summed E-state index contributed by atoms with van der Waals surface area (Å²) in [5, 5.41) is 0. The van der Waals surface area contributed by atoms with E-state index in [-0.39, 0.29) is 0 Å². The third-order valence-corrected chi connectivity index (χ3v) is 3.93. The average Bonchev–Trinajstić information content (AvgIpc) is 2.56. The molecule has 0 spiro atoms. The molecule has 2 nitrogen and oxygen atoms in total. The van der Waals surface area contributed by atoms with Gasteiger partial charge in [-0.05, 0) is 42.2 Å². The first-order valence-electron chi connectivity index (χ1n) is 7.63. The lowest BCUT2D eigenvalue weighted by Gasteiger charge is -2.08. The van der Waals surface area contributed by atoms with Gasteiger partial charge < -0.3 is 0 Å². The van der Waals surface area contributed by atoms with E-state index in [1.807, 2.05) is 24.5 Å². The third kappa shape index (κ3) is 2.91. The van der Waals surface area contributed by atoms with Crippen LogP contribution < -0.4 is 0 Å². The Balaban J connectivity index is 1.90. The van der Waals surface area contributed by atoms with Crippen molar-refractivity contribution in [2.24, 2.45) is 0 Å². The van der Waals surface area contributed by atoms with Gasteiger partial charge in [-0.1, -0.05) is 44.2 Å². The fourth-order valence-corrected chi connectivity index (χ4v) is 2.48. The Hall–Kier alpha value is -2.48. The quantitative estimate of drug-likeness (QED) is 0.658. The van der Waals surface area contributed by atoms with Crippen LogP contribution in [0.2, 0.25) is 0 Å². The first kappa shape index (κ1) is 14.5. The van der Waals surface area contributed by atoms with Gasteiger partial charge in [0.05, 0.1) is 11.4 Å². The minimum absolute atomic E-state index is 0.503. The van der Waals surface area contributed by atoms with Crippen LogP contribution in [0.5, 0.6) is 0 Å². The number of benzene rings is 1. The van der Waals surface area contributed by atoms with Gasteiger partial charge in [-0.25, -0.2) is 0 Å². The van der Waals surface area contributed by atoms with Gasteiger partial charge in [0.25, 0.3) is 0 Å². The molecular weight excluding hydrogens is 268 g/mol. The molecule has 0 aliphatic heterocycles. The molecule has 0 bridgehead atoms. The lowest BCUT2D eigenvalue weighted by molar-refractivity contribution is 0.859. The molecule has 2 heterocycles. The number of rotatable bonds is 3. The number of aryl methyl sites for hydroxylation is 1. The summed E-state index contributed by atoms with van der Waals surface area (Å²) >= 11 is 0. The van der Waals surface area contributed by atoms with E-state index in [1.165, 1.54) is 16.7 Å². The van der Waals surface area contributed by atoms with Gasteiger partial charge >= 0.3 is 0 Å². The minimum atomic E-state index is 0.503. The summed E-state index contributed by atoms with van der Waals surface area (Å²) in [6.07, 6.45) is 3.86. The summed E-state index contributed by atoms with van der Waals surface area (Å²) < 4.78 is 0. The number of nitrogens with zero attached hydrogens (tertiary/aromatic N) is 2. The van der Waals surface area contributed by atoms with Crippen molar-refractivity contribution >= 4 is 0 Å². The van der Waals surface area contributed by atoms with E-state index < -0.39 is 0 Å². The largest absolute Gasteiger partial charge is 0.256 e. The van der Waals surface area contributed by atoms with Crippen LogP contribution in [0, 0.1) is 6.92 Å². The van der Waals surface area contributed by atoms with Crippen LogP contribution in [0.1, 0.15) is 30.9 Å². The first-order valence-corrected chi connectivity index (χ1v) is 7.63. The summed E-state index contributed by atoms with van der Waals surface area (Å²) in [5.74, 6) is 0.503. The van der Waals surface area contributed by atoms with E-state index in [4.69, 9.17) is 0 Å². The Morgan fingerprint density at radius 3 is 2.09 bits per heavy atom. The molecule has 0 saturated carbocycles. The Labute approximate surface area is 131 Å². The van der Waals surface area contributed by atoms with Gasteiger partial charge in [0.2, 0.25) is 0 Å². The molecular formula is C20H20N2. The van der Waals surface area contributed by atoms with E-state index >= 15 is 0 Å².